The molecule has 2 N–H and O–H groups in total. The predicted molar refractivity (Wildman–Crippen MR) is 73.5 cm³/mol. The summed E-state index contributed by atoms with van der Waals surface area (Å²) in [6.45, 7) is 2.05. The van der Waals surface area contributed by atoms with Crippen LogP contribution in [0.5, 0.6) is 0 Å². The number of aromatic nitrogens is 4. The first-order valence-electron chi connectivity index (χ1n) is 5.91. The predicted octanol–water partition coefficient (Wildman–Crippen LogP) is 0.0387. The average Bonchev–Trinajstić information content (AvgIpc) is 2.77. The fourth-order valence-electron chi connectivity index (χ4n) is 1.56. The fourth-order valence-corrected chi connectivity index (χ4v) is 2.45. The Hall–Kier alpha value is -2.00. The molecule has 0 bridgehead atoms. The molecule has 0 radical (unpaired) electrons. The fraction of sp³-hybridized carbons (Fsp3) is 0.364. The van der Waals surface area contributed by atoms with Gasteiger partial charge in [0, 0.05) is 31.9 Å². The first kappa shape index (κ1) is 14.4. The van der Waals surface area contributed by atoms with E-state index in [1.165, 1.54) is 12.4 Å². The molecule has 9 heteroatoms. The molecular weight excluding hydrogens is 280 g/mol. The van der Waals surface area contributed by atoms with Crippen LogP contribution in [0.25, 0.3) is 0 Å². The van der Waals surface area contributed by atoms with E-state index >= 15 is 0 Å². The molecule has 8 nitrogen and oxygen atoms in total. The van der Waals surface area contributed by atoms with Crippen LogP contribution in [-0.2, 0) is 23.6 Å². The minimum Gasteiger partial charge on any atom is -0.357 e. The molecule has 2 aromatic rings. The lowest BCUT2D eigenvalue weighted by atomic mass is 10.3. The van der Waals surface area contributed by atoms with Gasteiger partial charge in [-0.25, -0.2) is 23.1 Å². The lowest BCUT2D eigenvalue weighted by Gasteiger charge is -2.06. The van der Waals surface area contributed by atoms with Gasteiger partial charge in [0.05, 0.1) is 18.6 Å². The van der Waals surface area contributed by atoms with Gasteiger partial charge in [0.2, 0.25) is 16.0 Å². The lowest BCUT2D eigenvalue weighted by molar-refractivity contribution is 0.580. The van der Waals surface area contributed by atoms with Gasteiger partial charge in [-0.3, -0.25) is 4.68 Å². The molecule has 108 valence electrons. The Morgan fingerprint density at radius 2 is 1.90 bits per heavy atom. The van der Waals surface area contributed by atoms with Crippen molar-refractivity contribution in [2.45, 2.75) is 18.4 Å². The number of nitrogens with one attached hydrogen (secondary N) is 2. The number of hydrogen-bond donors (Lipinski definition) is 2. The van der Waals surface area contributed by atoms with Crippen molar-refractivity contribution in [1.82, 2.24) is 24.5 Å². The van der Waals surface area contributed by atoms with Crippen molar-refractivity contribution in [3.05, 3.63) is 29.8 Å². The van der Waals surface area contributed by atoms with Crippen molar-refractivity contribution in [1.29, 1.82) is 0 Å². The Bertz CT molecular complexity index is 692. The molecule has 0 amide bonds. The van der Waals surface area contributed by atoms with E-state index in [1.54, 1.807) is 25.0 Å². The summed E-state index contributed by atoms with van der Waals surface area (Å²) in [5.41, 5.74) is 1.73. The summed E-state index contributed by atoms with van der Waals surface area (Å²) < 4.78 is 28.4. The van der Waals surface area contributed by atoms with Crippen LogP contribution in [0.3, 0.4) is 0 Å². The van der Waals surface area contributed by atoms with E-state index < -0.39 is 10.0 Å². The third kappa shape index (κ3) is 2.94. The van der Waals surface area contributed by atoms with Gasteiger partial charge >= 0.3 is 0 Å². The molecular formula is C11H16N6O2S. The van der Waals surface area contributed by atoms with Crippen LogP contribution in [0.1, 0.15) is 11.3 Å². The maximum atomic E-state index is 12.1. The van der Waals surface area contributed by atoms with E-state index in [0.29, 0.717) is 5.95 Å². The van der Waals surface area contributed by atoms with Crippen LogP contribution in [0.2, 0.25) is 0 Å². The number of aryl methyl sites for hydroxylation is 1. The van der Waals surface area contributed by atoms with Crippen molar-refractivity contribution in [2.24, 2.45) is 7.05 Å². The maximum absolute atomic E-state index is 12.1. The summed E-state index contributed by atoms with van der Waals surface area (Å²) in [5, 5.41) is 6.79. The van der Waals surface area contributed by atoms with Gasteiger partial charge < -0.3 is 5.32 Å². The summed E-state index contributed by atoms with van der Waals surface area (Å²) in [6.07, 6.45) is 4.16. The van der Waals surface area contributed by atoms with Crippen molar-refractivity contribution in [3.63, 3.8) is 0 Å². The van der Waals surface area contributed by atoms with Gasteiger partial charge in [-0.1, -0.05) is 0 Å². The molecule has 0 aliphatic carbocycles. The second-order valence-electron chi connectivity index (χ2n) is 4.20. The molecule has 2 heterocycles. The molecule has 0 aromatic carbocycles. The molecule has 0 aliphatic rings. The van der Waals surface area contributed by atoms with Crippen molar-refractivity contribution in [3.8, 4) is 0 Å². The number of sulfonamides is 1. The molecule has 20 heavy (non-hydrogen) atoms. The zero-order chi connectivity index (χ0) is 14.8. The van der Waals surface area contributed by atoms with Crippen LogP contribution in [-0.4, -0.2) is 35.2 Å². The van der Waals surface area contributed by atoms with Gasteiger partial charge in [0.15, 0.2) is 0 Å². The number of rotatable bonds is 5. The third-order valence-electron chi connectivity index (χ3n) is 2.95. The molecule has 2 rings (SSSR count). The number of hydrogen-bond acceptors (Lipinski definition) is 6. The minimum absolute atomic E-state index is 0.0260. The largest absolute Gasteiger partial charge is 0.357 e. The van der Waals surface area contributed by atoms with Gasteiger partial charge in [-0.05, 0) is 6.92 Å². The van der Waals surface area contributed by atoms with E-state index in [9.17, 15) is 8.42 Å². The molecule has 0 fully saturated rings. The van der Waals surface area contributed by atoms with E-state index in [2.05, 4.69) is 25.1 Å². The summed E-state index contributed by atoms with van der Waals surface area (Å²) in [6, 6.07) is 0. The second kappa shape index (κ2) is 5.55. The lowest BCUT2D eigenvalue weighted by Crippen LogP contribution is -2.24. The Labute approximate surface area is 117 Å². The van der Waals surface area contributed by atoms with Gasteiger partial charge in [-0.15, -0.1) is 0 Å². The first-order valence-corrected chi connectivity index (χ1v) is 7.39. The van der Waals surface area contributed by atoms with E-state index in [4.69, 9.17) is 0 Å². The summed E-state index contributed by atoms with van der Waals surface area (Å²) in [4.78, 5) is 7.79. The molecule has 0 unspecified atom stereocenters. The summed E-state index contributed by atoms with van der Waals surface area (Å²) in [5.74, 6) is 0.368. The minimum atomic E-state index is -3.63. The van der Waals surface area contributed by atoms with Crippen LogP contribution >= 0.6 is 0 Å². The van der Waals surface area contributed by atoms with Crippen LogP contribution in [0.15, 0.2) is 23.5 Å². The van der Waals surface area contributed by atoms with Crippen LogP contribution < -0.4 is 10.0 Å². The van der Waals surface area contributed by atoms with Crippen molar-refractivity contribution >= 4 is 16.0 Å². The summed E-state index contributed by atoms with van der Waals surface area (Å²) in [7, 11) is -0.168. The zero-order valence-electron chi connectivity index (χ0n) is 11.5. The molecule has 0 atom stereocenters. The highest BCUT2D eigenvalue weighted by molar-refractivity contribution is 7.89. The van der Waals surface area contributed by atoms with E-state index in [0.717, 1.165) is 11.3 Å². The molecule has 0 spiro atoms. The maximum Gasteiger partial charge on any atom is 0.243 e. The zero-order valence-corrected chi connectivity index (χ0v) is 12.3. The molecule has 0 aliphatic heterocycles. The monoisotopic (exact) mass is 296 g/mol. The SMILES string of the molecule is CNc1ncc(S(=O)(=O)NCc2cnn(C)c2C)cn1. The first-order chi connectivity index (χ1) is 9.44. The van der Waals surface area contributed by atoms with Crippen molar-refractivity contribution < 1.29 is 8.42 Å². The average molecular weight is 296 g/mol. The second-order valence-corrected chi connectivity index (χ2v) is 5.96. The molecule has 0 saturated heterocycles. The quantitative estimate of drug-likeness (QED) is 0.807. The third-order valence-corrected chi connectivity index (χ3v) is 4.31. The topological polar surface area (TPSA) is 102 Å². The van der Waals surface area contributed by atoms with Crippen LogP contribution in [0.4, 0.5) is 5.95 Å². The molecule has 2 aromatic heterocycles. The Kier molecular flexibility index (Phi) is 4.00. The highest BCUT2D eigenvalue weighted by Crippen LogP contribution is 2.10. The number of anilines is 1. The van der Waals surface area contributed by atoms with E-state index in [-0.39, 0.29) is 11.4 Å². The Morgan fingerprint density at radius 3 is 2.40 bits per heavy atom. The van der Waals surface area contributed by atoms with Gasteiger partial charge in [0.1, 0.15) is 4.90 Å². The standard InChI is InChI=1S/C11H16N6O2S/c1-8-9(4-15-17(8)3)5-16-20(18,19)10-6-13-11(12-2)14-7-10/h4,6-7,16H,5H2,1-3H3,(H,12,13,14). The highest BCUT2D eigenvalue weighted by Gasteiger charge is 2.16. The Morgan fingerprint density at radius 1 is 1.25 bits per heavy atom. The van der Waals surface area contributed by atoms with Crippen molar-refractivity contribution in [2.75, 3.05) is 12.4 Å². The highest BCUT2D eigenvalue weighted by atomic mass is 32.2. The normalized spacial score (nSPS) is 11.6. The smallest absolute Gasteiger partial charge is 0.243 e. The van der Waals surface area contributed by atoms with Gasteiger partial charge in [-0.2, -0.15) is 5.10 Å². The van der Waals surface area contributed by atoms with Gasteiger partial charge in [0.25, 0.3) is 0 Å². The summed E-state index contributed by atoms with van der Waals surface area (Å²) >= 11 is 0. The number of nitrogens with zero attached hydrogens (tertiary/aromatic N) is 4. The molecule has 0 saturated carbocycles. The Balaban J connectivity index is 2.12. The van der Waals surface area contributed by atoms with E-state index in [1.807, 2.05) is 6.92 Å². The van der Waals surface area contributed by atoms with Crippen LogP contribution in [0, 0.1) is 6.92 Å².